The van der Waals surface area contributed by atoms with Crippen molar-refractivity contribution in [1.29, 1.82) is 0 Å². The van der Waals surface area contributed by atoms with Crippen molar-refractivity contribution in [3.8, 4) is 0 Å². The molecule has 1 aliphatic rings. The Morgan fingerprint density at radius 1 is 1.68 bits per heavy atom. The molecule has 0 unspecified atom stereocenters. The molecule has 0 saturated heterocycles. The first-order chi connectivity index (χ1) is 9.03. The number of alkyl carbamates (subject to hydrolysis) is 1. The fraction of sp³-hybridized carbons (Fsp3) is 0.417. The van der Waals surface area contributed by atoms with Crippen molar-refractivity contribution in [2.45, 2.75) is 12.0 Å². The summed E-state index contributed by atoms with van der Waals surface area (Å²) in [5.41, 5.74) is -0.216. The second-order valence-electron chi connectivity index (χ2n) is 4.48. The van der Waals surface area contributed by atoms with Crippen molar-refractivity contribution in [3.63, 3.8) is 0 Å². The van der Waals surface area contributed by atoms with Crippen molar-refractivity contribution in [2.75, 3.05) is 13.7 Å². The molecule has 1 aliphatic carbocycles. The van der Waals surface area contributed by atoms with Crippen LogP contribution in [0.2, 0.25) is 0 Å². The van der Waals surface area contributed by atoms with Gasteiger partial charge in [-0.15, -0.1) is 0 Å². The van der Waals surface area contributed by atoms with Crippen molar-refractivity contribution >= 4 is 11.8 Å². The van der Waals surface area contributed by atoms with Gasteiger partial charge in [-0.3, -0.25) is 10.1 Å². The third-order valence-corrected chi connectivity index (χ3v) is 3.41. The molecule has 0 bridgehead atoms. The van der Waals surface area contributed by atoms with Crippen molar-refractivity contribution in [1.82, 2.24) is 5.32 Å². The number of nitrogens with one attached hydrogen (secondary N) is 1. The molecular weight excluding hydrogens is 252 g/mol. The standard InChI is InChI=1S/C12H14N2O5/c1-19-11(16)13-12(6-9(12)7-15)8-3-2-4-10(5-8)14(17)18/h2-5,9,15H,6-7H2,1H3,(H,13,16)/t9-,12+/m0/s1. The van der Waals surface area contributed by atoms with Crippen LogP contribution in [0.5, 0.6) is 0 Å². The minimum atomic E-state index is -0.770. The van der Waals surface area contributed by atoms with Gasteiger partial charge in [-0.25, -0.2) is 4.79 Å². The lowest BCUT2D eigenvalue weighted by atomic mass is 10.0. The average Bonchev–Trinajstić information content (AvgIpc) is 3.13. The first kappa shape index (κ1) is 13.3. The number of nitro groups is 1. The Morgan fingerprint density at radius 2 is 2.42 bits per heavy atom. The van der Waals surface area contributed by atoms with Gasteiger partial charge in [0.05, 0.1) is 17.6 Å². The molecule has 0 spiro atoms. The monoisotopic (exact) mass is 266 g/mol. The Kier molecular flexibility index (Phi) is 3.39. The fourth-order valence-electron chi connectivity index (χ4n) is 2.26. The van der Waals surface area contributed by atoms with E-state index in [4.69, 9.17) is 0 Å². The number of benzene rings is 1. The van der Waals surface area contributed by atoms with Crippen LogP contribution in [0.3, 0.4) is 0 Å². The van der Waals surface area contributed by atoms with Crippen LogP contribution in [-0.4, -0.2) is 29.8 Å². The molecule has 2 N–H and O–H groups in total. The molecule has 2 atom stereocenters. The fourth-order valence-corrected chi connectivity index (χ4v) is 2.26. The van der Waals surface area contributed by atoms with E-state index in [-0.39, 0.29) is 18.2 Å². The molecule has 1 saturated carbocycles. The van der Waals surface area contributed by atoms with E-state index in [0.29, 0.717) is 12.0 Å². The summed E-state index contributed by atoms with van der Waals surface area (Å²) < 4.78 is 4.55. The minimum absolute atomic E-state index is 0.0490. The largest absolute Gasteiger partial charge is 0.453 e. The summed E-state index contributed by atoms with van der Waals surface area (Å²) in [6.07, 6.45) is -0.0952. The first-order valence-electron chi connectivity index (χ1n) is 5.75. The average molecular weight is 266 g/mol. The third-order valence-electron chi connectivity index (χ3n) is 3.41. The molecule has 1 aromatic rings. The normalized spacial score (nSPS) is 24.6. The molecule has 19 heavy (non-hydrogen) atoms. The second kappa shape index (κ2) is 4.85. The zero-order valence-electron chi connectivity index (χ0n) is 10.3. The highest BCUT2D eigenvalue weighted by Crippen LogP contribution is 2.52. The lowest BCUT2D eigenvalue weighted by Crippen LogP contribution is -2.37. The van der Waals surface area contributed by atoms with E-state index in [1.807, 2.05) is 0 Å². The zero-order valence-corrected chi connectivity index (χ0v) is 10.3. The van der Waals surface area contributed by atoms with Gasteiger partial charge in [0, 0.05) is 24.7 Å². The van der Waals surface area contributed by atoms with Crippen LogP contribution in [0, 0.1) is 16.0 Å². The lowest BCUT2D eigenvalue weighted by molar-refractivity contribution is -0.385. The van der Waals surface area contributed by atoms with E-state index in [1.165, 1.54) is 19.2 Å². The maximum Gasteiger partial charge on any atom is 0.407 e. The number of nitro benzene ring substituents is 1. The van der Waals surface area contributed by atoms with Crippen LogP contribution in [0.25, 0.3) is 0 Å². The van der Waals surface area contributed by atoms with E-state index < -0.39 is 16.6 Å². The van der Waals surface area contributed by atoms with Gasteiger partial charge in [0.1, 0.15) is 0 Å². The van der Waals surface area contributed by atoms with Crippen LogP contribution in [-0.2, 0) is 10.3 Å². The smallest absolute Gasteiger partial charge is 0.407 e. The number of nitrogens with zero attached hydrogens (tertiary/aromatic N) is 1. The Morgan fingerprint density at radius 3 is 2.95 bits per heavy atom. The number of aliphatic hydroxyl groups excluding tert-OH is 1. The number of carbonyl (C=O) groups is 1. The second-order valence-corrected chi connectivity index (χ2v) is 4.48. The number of carbonyl (C=O) groups excluding carboxylic acids is 1. The summed E-state index contributed by atoms with van der Waals surface area (Å²) in [6.45, 7) is -0.104. The van der Waals surface area contributed by atoms with Crippen molar-refractivity contribution in [2.24, 2.45) is 5.92 Å². The van der Waals surface area contributed by atoms with E-state index in [9.17, 15) is 20.0 Å². The molecule has 0 aromatic heterocycles. The van der Waals surface area contributed by atoms with Gasteiger partial charge in [-0.1, -0.05) is 12.1 Å². The van der Waals surface area contributed by atoms with Crippen LogP contribution >= 0.6 is 0 Å². The lowest BCUT2D eigenvalue weighted by Gasteiger charge is -2.18. The summed E-state index contributed by atoms with van der Waals surface area (Å²) in [4.78, 5) is 21.7. The van der Waals surface area contributed by atoms with Crippen LogP contribution in [0.4, 0.5) is 10.5 Å². The molecule has 0 aliphatic heterocycles. The van der Waals surface area contributed by atoms with E-state index in [0.717, 1.165) is 0 Å². The van der Waals surface area contributed by atoms with Gasteiger partial charge in [0.25, 0.3) is 5.69 Å². The Labute approximate surface area is 109 Å². The van der Waals surface area contributed by atoms with E-state index >= 15 is 0 Å². The van der Waals surface area contributed by atoms with Gasteiger partial charge in [-0.2, -0.15) is 0 Å². The maximum absolute atomic E-state index is 11.4. The highest BCUT2D eigenvalue weighted by molar-refractivity contribution is 5.69. The van der Waals surface area contributed by atoms with Gasteiger partial charge in [0.2, 0.25) is 0 Å². The van der Waals surface area contributed by atoms with Crippen LogP contribution in [0.1, 0.15) is 12.0 Å². The molecule has 102 valence electrons. The number of amides is 1. The molecule has 1 fully saturated rings. The topological polar surface area (TPSA) is 102 Å². The summed E-state index contributed by atoms with van der Waals surface area (Å²) in [5.74, 6) is -0.159. The summed E-state index contributed by atoms with van der Waals surface area (Å²) in [5, 5.41) is 22.7. The Bertz CT molecular complexity index is 519. The number of rotatable bonds is 4. The first-order valence-corrected chi connectivity index (χ1v) is 5.75. The number of ether oxygens (including phenoxy) is 1. The highest BCUT2D eigenvalue weighted by Gasteiger charge is 2.56. The Balaban J connectivity index is 2.33. The highest BCUT2D eigenvalue weighted by atomic mass is 16.6. The maximum atomic E-state index is 11.4. The van der Waals surface area contributed by atoms with Crippen molar-refractivity contribution < 1.29 is 19.6 Å². The van der Waals surface area contributed by atoms with Gasteiger partial charge < -0.3 is 15.2 Å². The molecule has 0 heterocycles. The molecule has 1 aromatic carbocycles. The molecule has 1 amide bonds. The molecule has 7 heteroatoms. The van der Waals surface area contributed by atoms with Gasteiger partial charge in [-0.05, 0) is 12.0 Å². The number of non-ortho nitro benzene ring substituents is 1. The zero-order chi connectivity index (χ0) is 14.0. The molecule has 2 rings (SSSR count). The quantitative estimate of drug-likeness (QED) is 0.629. The van der Waals surface area contributed by atoms with Crippen LogP contribution < -0.4 is 5.32 Å². The van der Waals surface area contributed by atoms with Crippen molar-refractivity contribution in [3.05, 3.63) is 39.9 Å². The summed E-state index contributed by atoms with van der Waals surface area (Å²) >= 11 is 0. The predicted octanol–water partition coefficient (Wildman–Crippen LogP) is 1.16. The van der Waals surface area contributed by atoms with Gasteiger partial charge >= 0.3 is 6.09 Å². The van der Waals surface area contributed by atoms with E-state index in [1.54, 1.807) is 12.1 Å². The number of methoxy groups -OCH3 is 1. The summed E-state index contributed by atoms with van der Waals surface area (Å²) in [6, 6.07) is 6.04. The van der Waals surface area contributed by atoms with Crippen LogP contribution in [0.15, 0.2) is 24.3 Å². The summed E-state index contributed by atoms with van der Waals surface area (Å²) in [7, 11) is 1.24. The Hall–Kier alpha value is -2.15. The SMILES string of the molecule is COC(=O)N[C@@]1(c2cccc([N+](=O)[O-])c2)C[C@H]1CO. The minimum Gasteiger partial charge on any atom is -0.453 e. The van der Waals surface area contributed by atoms with Gasteiger partial charge in [0.15, 0.2) is 0 Å². The molecule has 0 radical (unpaired) electrons. The molecular formula is C12H14N2O5. The number of hydrogen-bond donors (Lipinski definition) is 2. The third kappa shape index (κ3) is 2.37. The predicted molar refractivity (Wildman–Crippen MR) is 65.5 cm³/mol. The number of aliphatic hydroxyl groups is 1. The number of hydrogen-bond acceptors (Lipinski definition) is 5. The molecule has 7 nitrogen and oxygen atoms in total. The van der Waals surface area contributed by atoms with E-state index in [2.05, 4.69) is 10.1 Å².